The Morgan fingerprint density at radius 1 is 1.40 bits per heavy atom. The SMILES string of the molecule is CC1(C)CC1NC(=O)Nc1cccc(CCC(=O)O)c1. The molecule has 0 aromatic heterocycles. The van der Waals surface area contributed by atoms with Crippen LogP contribution in [0.2, 0.25) is 0 Å². The lowest BCUT2D eigenvalue weighted by atomic mass is 10.1. The van der Waals surface area contributed by atoms with Crippen LogP contribution in [0.15, 0.2) is 24.3 Å². The van der Waals surface area contributed by atoms with Gasteiger partial charge in [0.1, 0.15) is 0 Å². The van der Waals surface area contributed by atoms with Crippen molar-refractivity contribution in [1.29, 1.82) is 0 Å². The monoisotopic (exact) mass is 276 g/mol. The van der Waals surface area contributed by atoms with Gasteiger partial charge in [-0.3, -0.25) is 4.79 Å². The molecule has 108 valence electrons. The molecule has 1 unspecified atom stereocenters. The molecule has 0 aliphatic heterocycles. The number of carboxylic acid groups (broad SMARTS) is 1. The molecule has 2 rings (SSSR count). The topological polar surface area (TPSA) is 78.4 Å². The molecule has 5 heteroatoms. The number of amides is 2. The molecule has 0 bridgehead atoms. The first-order valence-corrected chi connectivity index (χ1v) is 6.75. The molecule has 2 amide bonds. The Kier molecular flexibility index (Phi) is 3.97. The molecule has 1 aromatic carbocycles. The van der Waals surface area contributed by atoms with Crippen LogP contribution in [0.25, 0.3) is 0 Å². The molecular formula is C15H20N2O3. The summed E-state index contributed by atoms with van der Waals surface area (Å²) in [5, 5.41) is 14.4. The maximum Gasteiger partial charge on any atom is 0.319 e. The Morgan fingerprint density at radius 3 is 2.70 bits per heavy atom. The molecule has 20 heavy (non-hydrogen) atoms. The van der Waals surface area contributed by atoms with Gasteiger partial charge in [-0.15, -0.1) is 0 Å². The van der Waals surface area contributed by atoms with E-state index in [1.54, 1.807) is 12.1 Å². The Bertz CT molecular complexity index is 526. The van der Waals surface area contributed by atoms with Gasteiger partial charge in [0, 0.05) is 18.2 Å². The van der Waals surface area contributed by atoms with Crippen LogP contribution in [0.1, 0.15) is 32.3 Å². The van der Waals surface area contributed by atoms with Crippen molar-refractivity contribution in [2.24, 2.45) is 5.41 Å². The molecule has 3 N–H and O–H groups in total. The third-order valence-electron chi connectivity index (χ3n) is 3.63. The number of hydrogen-bond acceptors (Lipinski definition) is 2. The number of carbonyl (C=O) groups is 2. The van der Waals surface area contributed by atoms with Gasteiger partial charge in [0.25, 0.3) is 0 Å². The first-order chi connectivity index (χ1) is 9.37. The van der Waals surface area contributed by atoms with Crippen molar-refractivity contribution in [2.45, 2.75) is 39.2 Å². The highest BCUT2D eigenvalue weighted by Gasteiger charge is 2.46. The molecule has 1 aliphatic rings. The van der Waals surface area contributed by atoms with Crippen LogP contribution in [0.4, 0.5) is 10.5 Å². The molecular weight excluding hydrogens is 256 g/mol. The van der Waals surface area contributed by atoms with E-state index in [2.05, 4.69) is 24.5 Å². The summed E-state index contributed by atoms with van der Waals surface area (Å²) in [4.78, 5) is 22.4. The summed E-state index contributed by atoms with van der Waals surface area (Å²) in [6, 6.07) is 7.29. The minimum absolute atomic E-state index is 0.0892. The smallest absolute Gasteiger partial charge is 0.319 e. The number of aliphatic carboxylic acids is 1. The molecule has 0 saturated heterocycles. The zero-order valence-corrected chi connectivity index (χ0v) is 11.8. The van der Waals surface area contributed by atoms with Crippen LogP contribution < -0.4 is 10.6 Å². The second kappa shape index (κ2) is 5.53. The molecule has 1 atom stereocenters. The summed E-state index contributed by atoms with van der Waals surface area (Å²) >= 11 is 0. The van der Waals surface area contributed by atoms with Crippen LogP contribution in [-0.4, -0.2) is 23.1 Å². The van der Waals surface area contributed by atoms with E-state index in [4.69, 9.17) is 5.11 Å². The summed E-state index contributed by atoms with van der Waals surface area (Å²) in [5.74, 6) is -0.822. The van der Waals surface area contributed by atoms with Gasteiger partial charge >= 0.3 is 12.0 Å². The van der Waals surface area contributed by atoms with Gasteiger partial charge in [-0.2, -0.15) is 0 Å². The van der Waals surface area contributed by atoms with E-state index in [1.807, 2.05) is 12.1 Å². The fourth-order valence-electron chi connectivity index (χ4n) is 2.09. The molecule has 1 saturated carbocycles. The zero-order chi connectivity index (χ0) is 14.8. The molecule has 0 radical (unpaired) electrons. The molecule has 1 aliphatic carbocycles. The average molecular weight is 276 g/mol. The first-order valence-electron chi connectivity index (χ1n) is 6.75. The lowest BCUT2D eigenvalue weighted by molar-refractivity contribution is -0.136. The number of nitrogens with one attached hydrogen (secondary N) is 2. The molecule has 0 heterocycles. The van der Waals surface area contributed by atoms with Crippen molar-refractivity contribution >= 4 is 17.7 Å². The number of carbonyl (C=O) groups excluding carboxylic acids is 1. The van der Waals surface area contributed by atoms with Gasteiger partial charge in [0.05, 0.1) is 0 Å². The Hall–Kier alpha value is -2.04. The highest BCUT2D eigenvalue weighted by Crippen LogP contribution is 2.44. The van der Waals surface area contributed by atoms with Gasteiger partial charge in [0.15, 0.2) is 0 Å². The van der Waals surface area contributed by atoms with Gasteiger partial charge in [-0.25, -0.2) is 4.79 Å². The standard InChI is InChI=1S/C15H20N2O3/c1-15(2)9-12(15)17-14(20)16-11-5-3-4-10(8-11)6-7-13(18)19/h3-5,8,12H,6-7,9H2,1-2H3,(H,18,19)(H2,16,17,20). The molecule has 5 nitrogen and oxygen atoms in total. The highest BCUT2D eigenvalue weighted by atomic mass is 16.4. The largest absolute Gasteiger partial charge is 0.481 e. The third kappa shape index (κ3) is 3.98. The van der Waals surface area contributed by atoms with E-state index in [1.165, 1.54) is 0 Å². The summed E-state index contributed by atoms with van der Waals surface area (Å²) < 4.78 is 0. The first kappa shape index (κ1) is 14.4. The van der Waals surface area contributed by atoms with Crippen molar-refractivity contribution < 1.29 is 14.7 Å². The second-order valence-corrected chi connectivity index (χ2v) is 5.94. The van der Waals surface area contributed by atoms with Crippen molar-refractivity contribution in [2.75, 3.05) is 5.32 Å². The van der Waals surface area contributed by atoms with E-state index in [9.17, 15) is 9.59 Å². The fraction of sp³-hybridized carbons (Fsp3) is 0.467. The summed E-state index contributed by atoms with van der Waals surface area (Å²) in [6.45, 7) is 4.23. The van der Waals surface area contributed by atoms with Crippen LogP contribution in [0, 0.1) is 5.41 Å². The minimum Gasteiger partial charge on any atom is -0.481 e. The molecule has 1 aromatic rings. The summed E-state index contributed by atoms with van der Waals surface area (Å²) in [5.41, 5.74) is 1.78. The zero-order valence-electron chi connectivity index (χ0n) is 11.8. The Morgan fingerprint density at radius 2 is 2.10 bits per heavy atom. The lowest BCUT2D eigenvalue weighted by Crippen LogP contribution is -2.32. The summed E-state index contributed by atoms with van der Waals surface area (Å²) in [7, 11) is 0. The number of aryl methyl sites for hydroxylation is 1. The van der Waals surface area contributed by atoms with Crippen LogP contribution in [0.3, 0.4) is 0 Å². The van der Waals surface area contributed by atoms with Crippen LogP contribution in [0.5, 0.6) is 0 Å². The van der Waals surface area contributed by atoms with E-state index in [0.29, 0.717) is 12.1 Å². The van der Waals surface area contributed by atoms with Gasteiger partial charge < -0.3 is 15.7 Å². The quantitative estimate of drug-likeness (QED) is 0.773. The van der Waals surface area contributed by atoms with E-state index < -0.39 is 5.97 Å². The van der Waals surface area contributed by atoms with Crippen molar-refractivity contribution in [1.82, 2.24) is 5.32 Å². The van der Waals surface area contributed by atoms with Crippen molar-refractivity contribution in [3.63, 3.8) is 0 Å². The fourth-order valence-corrected chi connectivity index (χ4v) is 2.09. The number of carboxylic acids is 1. The minimum atomic E-state index is -0.822. The Balaban J connectivity index is 1.87. The van der Waals surface area contributed by atoms with E-state index >= 15 is 0 Å². The van der Waals surface area contributed by atoms with E-state index in [0.717, 1.165) is 12.0 Å². The maximum atomic E-state index is 11.8. The van der Waals surface area contributed by atoms with Crippen molar-refractivity contribution in [3.8, 4) is 0 Å². The van der Waals surface area contributed by atoms with Crippen molar-refractivity contribution in [3.05, 3.63) is 29.8 Å². The average Bonchev–Trinajstić information content (AvgIpc) is 2.94. The number of anilines is 1. The van der Waals surface area contributed by atoms with Gasteiger partial charge in [-0.05, 0) is 36.0 Å². The number of benzene rings is 1. The number of hydrogen-bond donors (Lipinski definition) is 3. The predicted octanol–water partition coefficient (Wildman–Crippen LogP) is 2.62. The molecule has 0 spiro atoms. The summed E-state index contributed by atoms with van der Waals surface area (Å²) in [6.07, 6.45) is 1.55. The van der Waals surface area contributed by atoms with Gasteiger partial charge in [0.2, 0.25) is 0 Å². The van der Waals surface area contributed by atoms with Crippen LogP contribution in [-0.2, 0) is 11.2 Å². The van der Waals surface area contributed by atoms with Gasteiger partial charge in [-0.1, -0.05) is 26.0 Å². The van der Waals surface area contributed by atoms with Crippen LogP contribution >= 0.6 is 0 Å². The third-order valence-corrected chi connectivity index (χ3v) is 3.63. The maximum absolute atomic E-state index is 11.8. The van der Waals surface area contributed by atoms with E-state index in [-0.39, 0.29) is 23.9 Å². The normalized spacial score (nSPS) is 19.2. The molecule has 1 fully saturated rings. The second-order valence-electron chi connectivity index (χ2n) is 5.94. The number of urea groups is 1. The predicted molar refractivity (Wildman–Crippen MR) is 76.7 cm³/mol. The lowest BCUT2D eigenvalue weighted by Gasteiger charge is -2.10. The highest BCUT2D eigenvalue weighted by molar-refractivity contribution is 5.89. The number of rotatable bonds is 5. The Labute approximate surface area is 118 Å².